The number of furan rings is 2. The second-order valence-electron chi connectivity index (χ2n) is 16.1. The molecule has 0 N–H and O–H groups in total. The van der Waals surface area contributed by atoms with Crippen LogP contribution in [0, 0.1) is 0 Å². The zero-order valence-corrected chi connectivity index (χ0v) is 34.0. The summed E-state index contributed by atoms with van der Waals surface area (Å²) < 4.78 is 15.7. The van der Waals surface area contributed by atoms with Gasteiger partial charge in [-0.15, -0.1) is 0 Å². The lowest BCUT2D eigenvalue weighted by atomic mass is 10.0. The number of benzene rings is 10. The summed E-state index contributed by atoms with van der Waals surface area (Å²) in [6.07, 6.45) is 0. The SMILES string of the molecule is c1ccc(N(c2ccc3cc4c5ccc(N(c6ccccc6)c6cccc7c6oc6ccccc67)cc5n(-c5ccccc5)c4cc3c2)c2cccc3c2oc2ccccc23)cc1. The first-order valence-corrected chi connectivity index (χ1v) is 21.3. The summed E-state index contributed by atoms with van der Waals surface area (Å²) in [4.78, 5) is 4.63. The largest absolute Gasteiger partial charge is 0.454 e. The predicted molar refractivity (Wildman–Crippen MR) is 262 cm³/mol. The van der Waals surface area contributed by atoms with Crippen LogP contribution in [-0.4, -0.2) is 4.57 Å². The molecular weight excluding hydrogens is 771 g/mol. The maximum atomic E-state index is 6.64. The Morgan fingerprint density at radius 1 is 0.302 bits per heavy atom. The lowest BCUT2D eigenvalue weighted by Crippen LogP contribution is -2.10. The predicted octanol–water partition coefficient (Wildman–Crippen LogP) is 16.7. The molecule has 10 aromatic carbocycles. The first-order chi connectivity index (χ1) is 31.2. The van der Waals surface area contributed by atoms with Gasteiger partial charge in [0, 0.05) is 60.8 Å². The molecule has 0 saturated heterocycles. The summed E-state index contributed by atoms with van der Waals surface area (Å²) >= 11 is 0. The molecule has 13 aromatic rings. The molecule has 0 bridgehead atoms. The third kappa shape index (κ3) is 5.57. The van der Waals surface area contributed by atoms with Crippen LogP contribution in [-0.2, 0) is 0 Å². The number of rotatable bonds is 7. The van der Waals surface area contributed by atoms with Crippen LogP contribution in [0.15, 0.2) is 233 Å². The van der Waals surface area contributed by atoms with Crippen molar-refractivity contribution in [2.24, 2.45) is 0 Å². The highest BCUT2D eigenvalue weighted by molar-refractivity contribution is 6.16. The Morgan fingerprint density at radius 2 is 0.794 bits per heavy atom. The minimum Gasteiger partial charge on any atom is -0.454 e. The van der Waals surface area contributed by atoms with E-state index in [4.69, 9.17) is 8.83 Å². The number of para-hydroxylation sites is 7. The van der Waals surface area contributed by atoms with Gasteiger partial charge in [0.25, 0.3) is 0 Å². The molecule has 13 rings (SSSR count). The highest BCUT2D eigenvalue weighted by Crippen LogP contribution is 2.46. The fraction of sp³-hybridized carbons (Fsp3) is 0. The first kappa shape index (κ1) is 35.2. The molecule has 3 heterocycles. The van der Waals surface area contributed by atoms with Gasteiger partial charge < -0.3 is 23.2 Å². The Labute approximate surface area is 362 Å². The lowest BCUT2D eigenvalue weighted by Gasteiger charge is -2.26. The molecule has 0 aliphatic rings. The van der Waals surface area contributed by atoms with Gasteiger partial charge in [-0.1, -0.05) is 127 Å². The van der Waals surface area contributed by atoms with Crippen molar-refractivity contribution >= 4 is 111 Å². The van der Waals surface area contributed by atoms with Crippen LogP contribution >= 0.6 is 0 Å². The zero-order chi connectivity index (χ0) is 41.4. The molecule has 63 heavy (non-hydrogen) atoms. The number of aromatic nitrogens is 1. The summed E-state index contributed by atoms with van der Waals surface area (Å²) in [5.41, 5.74) is 13.0. The molecule has 3 aromatic heterocycles. The van der Waals surface area contributed by atoms with Crippen molar-refractivity contribution in [3.63, 3.8) is 0 Å². The normalized spacial score (nSPS) is 11.8. The van der Waals surface area contributed by atoms with Crippen molar-refractivity contribution in [2.75, 3.05) is 9.80 Å². The van der Waals surface area contributed by atoms with E-state index in [1.807, 2.05) is 24.3 Å². The average Bonchev–Trinajstić information content (AvgIpc) is 4.02. The Morgan fingerprint density at radius 3 is 1.40 bits per heavy atom. The third-order valence-corrected chi connectivity index (χ3v) is 12.5. The van der Waals surface area contributed by atoms with Crippen molar-refractivity contribution in [1.82, 2.24) is 4.57 Å². The van der Waals surface area contributed by atoms with Crippen molar-refractivity contribution in [1.29, 1.82) is 0 Å². The monoisotopic (exact) mass is 807 g/mol. The summed E-state index contributed by atoms with van der Waals surface area (Å²) in [7, 11) is 0. The highest BCUT2D eigenvalue weighted by Gasteiger charge is 2.23. The molecule has 0 aliphatic heterocycles. The highest BCUT2D eigenvalue weighted by atomic mass is 16.3. The van der Waals surface area contributed by atoms with E-state index in [0.717, 1.165) is 100 Å². The number of hydrogen-bond donors (Lipinski definition) is 0. The minimum atomic E-state index is 0.856. The Hall–Kier alpha value is -8.54. The molecule has 0 radical (unpaired) electrons. The molecule has 0 unspecified atom stereocenters. The number of fused-ring (bicyclic) bond motifs is 10. The van der Waals surface area contributed by atoms with Crippen LogP contribution in [0.25, 0.3) is 82.1 Å². The molecule has 0 spiro atoms. The van der Waals surface area contributed by atoms with Crippen molar-refractivity contribution in [3.8, 4) is 5.69 Å². The molecular formula is C58H37N3O2. The summed E-state index contributed by atoms with van der Waals surface area (Å²) in [5.74, 6) is 0. The van der Waals surface area contributed by atoms with Gasteiger partial charge in [-0.3, -0.25) is 0 Å². The average molecular weight is 808 g/mol. The van der Waals surface area contributed by atoms with Crippen molar-refractivity contribution < 1.29 is 8.83 Å². The lowest BCUT2D eigenvalue weighted by molar-refractivity contribution is 0.668. The van der Waals surface area contributed by atoms with Gasteiger partial charge in [-0.05, 0) is 108 Å². The Bertz CT molecular complexity index is 3870. The fourth-order valence-corrected chi connectivity index (χ4v) is 9.70. The second-order valence-corrected chi connectivity index (χ2v) is 16.1. The van der Waals surface area contributed by atoms with Gasteiger partial charge in [0.15, 0.2) is 11.2 Å². The van der Waals surface area contributed by atoms with Crippen LogP contribution in [0.3, 0.4) is 0 Å². The van der Waals surface area contributed by atoms with Gasteiger partial charge in [0.2, 0.25) is 0 Å². The van der Waals surface area contributed by atoms with Gasteiger partial charge in [0.1, 0.15) is 11.2 Å². The van der Waals surface area contributed by atoms with Crippen molar-refractivity contribution in [2.45, 2.75) is 0 Å². The van der Waals surface area contributed by atoms with Crippen LogP contribution < -0.4 is 9.80 Å². The van der Waals surface area contributed by atoms with Crippen LogP contribution in [0.1, 0.15) is 0 Å². The number of hydrogen-bond acceptors (Lipinski definition) is 4. The maximum absolute atomic E-state index is 6.64. The van der Waals surface area contributed by atoms with E-state index >= 15 is 0 Å². The first-order valence-electron chi connectivity index (χ1n) is 21.3. The molecule has 0 fully saturated rings. The standard InChI is InChI=1S/C58H37N3O2/c1-4-16-40(17-5-1)59(51-26-14-24-48-46-22-10-12-28-55(46)62-57(48)51)43-31-30-38-35-50-45-33-32-44(37-54(45)61(42-20-8-3-9-21-42)53(50)36-39(38)34-43)60(41-18-6-2-7-19-41)52-27-15-25-49-47-23-11-13-29-56(47)63-58(49)52/h1-37H. The Balaban J connectivity index is 1.03. The second kappa shape index (κ2) is 14.0. The van der Waals surface area contributed by atoms with E-state index in [9.17, 15) is 0 Å². The van der Waals surface area contributed by atoms with Gasteiger partial charge in [-0.2, -0.15) is 0 Å². The molecule has 0 saturated carbocycles. The zero-order valence-electron chi connectivity index (χ0n) is 34.0. The van der Waals surface area contributed by atoms with Crippen molar-refractivity contribution in [3.05, 3.63) is 224 Å². The Kier molecular flexibility index (Phi) is 7.84. The molecule has 0 atom stereocenters. The smallest absolute Gasteiger partial charge is 0.159 e. The number of nitrogens with zero attached hydrogens (tertiary/aromatic N) is 3. The van der Waals surface area contributed by atoms with Crippen LogP contribution in [0.5, 0.6) is 0 Å². The summed E-state index contributed by atoms with van der Waals surface area (Å²) in [6.45, 7) is 0. The van der Waals surface area contributed by atoms with E-state index in [2.05, 4.69) is 215 Å². The quantitative estimate of drug-likeness (QED) is 0.161. The van der Waals surface area contributed by atoms with E-state index < -0.39 is 0 Å². The van der Waals surface area contributed by atoms with E-state index in [1.165, 1.54) is 16.2 Å². The molecule has 5 heteroatoms. The van der Waals surface area contributed by atoms with Gasteiger partial charge >= 0.3 is 0 Å². The van der Waals surface area contributed by atoms with Gasteiger partial charge in [0.05, 0.1) is 22.4 Å². The van der Waals surface area contributed by atoms with Gasteiger partial charge in [-0.25, -0.2) is 0 Å². The fourth-order valence-electron chi connectivity index (χ4n) is 9.70. The summed E-state index contributed by atoms with van der Waals surface area (Å²) in [5, 5.41) is 9.09. The van der Waals surface area contributed by atoms with E-state index in [-0.39, 0.29) is 0 Å². The maximum Gasteiger partial charge on any atom is 0.159 e. The molecule has 0 aliphatic carbocycles. The minimum absolute atomic E-state index is 0.856. The van der Waals surface area contributed by atoms with Crippen LogP contribution in [0.4, 0.5) is 34.1 Å². The topological polar surface area (TPSA) is 37.7 Å². The third-order valence-electron chi connectivity index (χ3n) is 12.5. The molecule has 296 valence electrons. The number of anilines is 6. The van der Waals surface area contributed by atoms with Crippen LogP contribution in [0.2, 0.25) is 0 Å². The van der Waals surface area contributed by atoms with E-state index in [1.54, 1.807) is 0 Å². The molecule has 5 nitrogen and oxygen atoms in total. The summed E-state index contributed by atoms with van der Waals surface area (Å²) in [6, 6.07) is 79.6. The molecule has 0 amide bonds. The van der Waals surface area contributed by atoms with E-state index in [0.29, 0.717) is 0 Å².